The fourth-order valence-corrected chi connectivity index (χ4v) is 3.87. The third-order valence-electron chi connectivity index (χ3n) is 5.19. The van der Waals surface area contributed by atoms with Crippen LogP contribution in [0.2, 0.25) is 0 Å². The molecule has 1 fully saturated rings. The van der Waals surface area contributed by atoms with Crippen molar-refractivity contribution in [1.82, 2.24) is 14.5 Å². The van der Waals surface area contributed by atoms with E-state index in [9.17, 15) is 18.0 Å². The summed E-state index contributed by atoms with van der Waals surface area (Å²) in [5.74, 6) is 0. The molecule has 2 aromatic heterocycles. The summed E-state index contributed by atoms with van der Waals surface area (Å²) >= 11 is 0. The molecule has 27 heavy (non-hydrogen) atoms. The van der Waals surface area contributed by atoms with Crippen molar-refractivity contribution < 1.29 is 17.9 Å². The van der Waals surface area contributed by atoms with Gasteiger partial charge in [0.2, 0.25) is 0 Å². The van der Waals surface area contributed by atoms with Gasteiger partial charge >= 0.3 is 6.18 Å². The predicted molar refractivity (Wildman–Crippen MR) is 96.9 cm³/mol. The van der Waals surface area contributed by atoms with E-state index in [1.807, 2.05) is 6.92 Å². The Labute approximate surface area is 153 Å². The minimum absolute atomic E-state index is 0.00398. The third-order valence-corrected chi connectivity index (χ3v) is 5.19. The summed E-state index contributed by atoms with van der Waals surface area (Å²) in [6.45, 7) is 5.05. The number of pyridine rings is 1. The average molecular weight is 379 g/mol. The molecule has 5 nitrogen and oxygen atoms in total. The maximum absolute atomic E-state index is 13.7. The lowest BCUT2D eigenvalue weighted by atomic mass is 10.1. The van der Waals surface area contributed by atoms with E-state index in [1.54, 1.807) is 16.7 Å². The van der Waals surface area contributed by atoms with Gasteiger partial charge in [-0.05, 0) is 25.1 Å². The molecule has 4 rings (SSSR count). The molecule has 1 aliphatic heterocycles. The minimum Gasteiger partial charge on any atom is -0.379 e. The lowest BCUT2D eigenvalue weighted by Crippen LogP contribution is -2.43. The normalized spacial score (nSPS) is 17.6. The van der Waals surface area contributed by atoms with Crippen LogP contribution in [-0.4, -0.2) is 46.8 Å². The number of fused-ring (bicyclic) bond motifs is 3. The fourth-order valence-electron chi connectivity index (χ4n) is 3.87. The van der Waals surface area contributed by atoms with Gasteiger partial charge in [0.05, 0.1) is 24.2 Å². The largest absolute Gasteiger partial charge is 0.433 e. The molecular formula is C19H20F3N3O2. The number of halogens is 3. The number of rotatable bonds is 3. The topological polar surface area (TPSA) is 50.3 Å². The van der Waals surface area contributed by atoms with Crippen LogP contribution in [0.5, 0.6) is 0 Å². The quantitative estimate of drug-likeness (QED) is 0.760. The van der Waals surface area contributed by atoms with E-state index in [0.717, 1.165) is 13.1 Å². The van der Waals surface area contributed by atoms with E-state index < -0.39 is 11.9 Å². The summed E-state index contributed by atoms with van der Waals surface area (Å²) in [7, 11) is 0. The number of aromatic nitrogens is 2. The van der Waals surface area contributed by atoms with Gasteiger partial charge in [0.1, 0.15) is 5.69 Å². The lowest BCUT2D eigenvalue weighted by molar-refractivity contribution is -0.140. The van der Waals surface area contributed by atoms with Crippen LogP contribution in [-0.2, 0) is 17.5 Å². The number of ether oxygens (including phenoxy) is 1. The Hall–Kier alpha value is -2.32. The van der Waals surface area contributed by atoms with Crippen LogP contribution in [0.15, 0.2) is 35.3 Å². The van der Waals surface area contributed by atoms with Crippen molar-refractivity contribution in [2.45, 2.75) is 25.7 Å². The highest BCUT2D eigenvalue weighted by molar-refractivity contribution is 6.08. The number of aromatic amines is 1. The van der Waals surface area contributed by atoms with Gasteiger partial charge < -0.3 is 14.3 Å². The van der Waals surface area contributed by atoms with Crippen LogP contribution in [0.1, 0.15) is 12.6 Å². The third kappa shape index (κ3) is 3.23. The predicted octanol–water partition coefficient (Wildman–Crippen LogP) is 3.22. The molecule has 0 bridgehead atoms. The molecule has 3 aromatic rings. The molecule has 0 amide bonds. The van der Waals surface area contributed by atoms with Crippen LogP contribution < -0.4 is 5.43 Å². The van der Waals surface area contributed by atoms with Gasteiger partial charge in [-0.15, -0.1) is 0 Å². The number of hydrogen-bond donors (Lipinski definition) is 1. The maximum atomic E-state index is 13.7. The maximum Gasteiger partial charge on any atom is 0.433 e. The highest BCUT2D eigenvalue weighted by Crippen LogP contribution is 2.37. The fraction of sp³-hybridized carbons (Fsp3) is 0.421. The Morgan fingerprint density at radius 1 is 1.19 bits per heavy atom. The molecule has 0 aliphatic carbocycles. The molecule has 1 aliphatic rings. The van der Waals surface area contributed by atoms with Gasteiger partial charge in [-0.1, -0.05) is 0 Å². The Bertz CT molecular complexity index is 1030. The zero-order valence-electron chi connectivity index (χ0n) is 14.8. The number of morpholine rings is 1. The molecule has 0 spiro atoms. The van der Waals surface area contributed by atoms with Gasteiger partial charge in [0.25, 0.3) is 0 Å². The first kappa shape index (κ1) is 18.1. The molecule has 8 heteroatoms. The number of nitrogens with one attached hydrogen (secondary N) is 1. The van der Waals surface area contributed by atoms with Crippen molar-refractivity contribution in [3.63, 3.8) is 0 Å². The second-order valence-electron chi connectivity index (χ2n) is 6.90. The molecular weight excluding hydrogens is 359 g/mol. The molecule has 144 valence electrons. The Morgan fingerprint density at radius 3 is 2.63 bits per heavy atom. The number of benzene rings is 1. The summed E-state index contributed by atoms with van der Waals surface area (Å²) in [4.78, 5) is 16.5. The molecule has 1 atom stereocenters. The number of H-pyrrole nitrogens is 1. The molecule has 0 unspecified atom stereocenters. The van der Waals surface area contributed by atoms with Gasteiger partial charge in [-0.2, -0.15) is 13.2 Å². The Morgan fingerprint density at radius 2 is 1.93 bits per heavy atom. The standard InChI is InChI=1S/C19H20F3N3O2/c1-12(24-6-8-27-9-7-24)11-25-16-10-13(26)2-3-14(16)15-4-5-23-18(17(15)25)19(20,21)22/h2-5,10,12,23H,6-9,11H2,1H3/t12-/m0/s1. The smallest absolute Gasteiger partial charge is 0.379 e. The van der Waals surface area contributed by atoms with Crippen molar-refractivity contribution in [1.29, 1.82) is 0 Å². The van der Waals surface area contributed by atoms with Gasteiger partial charge in [0.15, 0.2) is 5.43 Å². The monoisotopic (exact) mass is 379 g/mol. The highest BCUT2D eigenvalue weighted by Gasteiger charge is 2.36. The van der Waals surface area contributed by atoms with E-state index in [2.05, 4.69) is 9.88 Å². The zero-order valence-corrected chi connectivity index (χ0v) is 14.8. The van der Waals surface area contributed by atoms with Crippen molar-refractivity contribution in [2.75, 3.05) is 26.3 Å². The van der Waals surface area contributed by atoms with E-state index in [4.69, 9.17) is 4.74 Å². The van der Waals surface area contributed by atoms with Crippen LogP contribution >= 0.6 is 0 Å². The molecule has 1 N–H and O–H groups in total. The lowest BCUT2D eigenvalue weighted by Gasteiger charge is -2.33. The first-order valence-electron chi connectivity index (χ1n) is 8.89. The van der Waals surface area contributed by atoms with Crippen molar-refractivity contribution in [2.24, 2.45) is 0 Å². The Kier molecular flexibility index (Phi) is 4.47. The van der Waals surface area contributed by atoms with Crippen molar-refractivity contribution in [3.8, 4) is 0 Å². The Balaban J connectivity index is 1.92. The van der Waals surface area contributed by atoms with Crippen LogP contribution in [0.3, 0.4) is 0 Å². The second-order valence-corrected chi connectivity index (χ2v) is 6.90. The first-order valence-corrected chi connectivity index (χ1v) is 8.89. The van der Waals surface area contributed by atoms with E-state index in [0.29, 0.717) is 36.0 Å². The van der Waals surface area contributed by atoms with Gasteiger partial charge in [-0.25, -0.2) is 0 Å². The number of alkyl halides is 3. The summed E-state index contributed by atoms with van der Waals surface area (Å²) in [6, 6.07) is 6.05. The van der Waals surface area contributed by atoms with Crippen LogP contribution in [0, 0.1) is 0 Å². The van der Waals surface area contributed by atoms with E-state index in [1.165, 1.54) is 18.3 Å². The summed E-state index contributed by atoms with van der Waals surface area (Å²) in [5.41, 5.74) is -0.394. The average Bonchev–Trinajstić information content (AvgIpc) is 2.94. The summed E-state index contributed by atoms with van der Waals surface area (Å²) in [6.07, 6.45) is -3.22. The number of hydrogen-bond acceptors (Lipinski definition) is 3. The SMILES string of the molecule is C[C@@H](Cn1c2cc(=O)ccc2c2cc[nH]c(C(F)(F)F)c21)N1CCOCC1. The van der Waals surface area contributed by atoms with Crippen LogP contribution in [0.25, 0.3) is 21.8 Å². The van der Waals surface area contributed by atoms with E-state index >= 15 is 0 Å². The zero-order chi connectivity index (χ0) is 19.2. The van der Waals surface area contributed by atoms with Crippen LogP contribution in [0.4, 0.5) is 13.2 Å². The van der Waals surface area contributed by atoms with Crippen molar-refractivity contribution >= 4 is 21.8 Å². The van der Waals surface area contributed by atoms with Gasteiger partial charge in [0, 0.05) is 48.7 Å². The molecule has 0 radical (unpaired) electrons. The van der Waals surface area contributed by atoms with Gasteiger partial charge in [-0.3, -0.25) is 9.69 Å². The molecule has 3 heterocycles. The summed E-state index contributed by atoms with van der Waals surface area (Å²) < 4.78 is 48.0. The second kappa shape index (κ2) is 6.69. The summed E-state index contributed by atoms with van der Waals surface area (Å²) in [5, 5.41) is 1.14. The molecule has 0 saturated carbocycles. The number of nitrogens with zero attached hydrogens (tertiary/aromatic N) is 2. The van der Waals surface area contributed by atoms with Crippen molar-refractivity contribution in [3.05, 3.63) is 46.4 Å². The molecule has 1 saturated heterocycles. The minimum atomic E-state index is -4.52. The molecule has 1 aromatic carbocycles. The van der Waals surface area contributed by atoms with E-state index in [-0.39, 0.29) is 17.0 Å². The first-order chi connectivity index (χ1) is 12.9. The highest BCUT2D eigenvalue weighted by atomic mass is 19.4.